The minimum atomic E-state index is -0.0661. The normalized spacial score (nSPS) is 28.0. The van der Waals surface area contributed by atoms with Crippen LogP contribution < -0.4 is 5.32 Å². The fourth-order valence-corrected chi connectivity index (χ4v) is 7.43. The van der Waals surface area contributed by atoms with Crippen LogP contribution in [0.5, 0.6) is 0 Å². The van der Waals surface area contributed by atoms with Crippen LogP contribution in [0.3, 0.4) is 0 Å². The molecule has 5 nitrogen and oxygen atoms in total. The van der Waals surface area contributed by atoms with Crippen molar-refractivity contribution in [2.75, 3.05) is 12.8 Å². The highest BCUT2D eigenvalue weighted by Gasteiger charge is 2.51. The van der Waals surface area contributed by atoms with Gasteiger partial charge in [0, 0.05) is 17.5 Å². The van der Waals surface area contributed by atoms with Crippen molar-refractivity contribution < 1.29 is 14.0 Å². The van der Waals surface area contributed by atoms with Gasteiger partial charge in [-0.05, 0) is 87.5 Å². The lowest BCUT2D eigenvalue weighted by Crippen LogP contribution is -2.60. The van der Waals surface area contributed by atoms with Gasteiger partial charge < -0.3 is 14.6 Å². The van der Waals surface area contributed by atoms with E-state index in [1.807, 2.05) is 43.3 Å². The zero-order valence-corrected chi connectivity index (χ0v) is 19.7. The van der Waals surface area contributed by atoms with Gasteiger partial charge in [0.05, 0.1) is 17.9 Å². The number of aryl methyl sites for hydroxylation is 1. The van der Waals surface area contributed by atoms with Gasteiger partial charge in [-0.15, -0.1) is 11.8 Å². The van der Waals surface area contributed by atoms with Gasteiger partial charge in [0.1, 0.15) is 11.5 Å². The standard InChI is InChI=1S/C26H32N2O3S/c1-17-7-8-21(31-17)15-28(2)25(30)22-5-3-4-6-23(22)32-16-24(29)27-26-12-18-9-19(13-26)11-20(10-18)14-26/h3-8,18-20H,9-16H2,1-2H3,(H,27,29). The quantitative estimate of drug-likeness (QED) is 0.598. The van der Waals surface area contributed by atoms with Crippen molar-refractivity contribution in [1.29, 1.82) is 0 Å². The second kappa shape index (κ2) is 8.62. The molecule has 32 heavy (non-hydrogen) atoms. The zero-order chi connectivity index (χ0) is 22.3. The molecule has 0 saturated heterocycles. The number of hydrogen-bond donors (Lipinski definition) is 1. The molecule has 0 radical (unpaired) electrons. The summed E-state index contributed by atoms with van der Waals surface area (Å²) in [6, 6.07) is 11.4. The van der Waals surface area contributed by atoms with Crippen LogP contribution >= 0.6 is 11.8 Å². The van der Waals surface area contributed by atoms with Crippen LogP contribution in [0.15, 0.2) is 45.7 Å². The third-order valence-corrected chi connectivity index (χ3v) is 8.53. The van der Waals surface area contributed by atoms with E-state index in [1.165, 1.54) is 31.0 Å². The predicted octanol–water partition coefficient (Wildman–Crippen LogP) is 5.04. The fraction of sp³-hybridized carbons (Fsp3) is 0.538. The first-order valence-electron chi connectivity index (χ1n) is 11.7. The summed E-state index contributed by atoms with van der Waals surface area (Å²) in [6.45, 7) is 2.31. The van der Waals surface area contributed by atoms with E-state index >= 15 is 0 Å². The smallest absolute Gasteiger partial charge is 0.255 e. The van der Waals surface area contributed by atoms with Gasteiger partial charge >= 0.3 is 0 Å². The summed E-state index contributed by atoms with van der Waals surface area (Å²) in [5.74, 6) is 4.39. The molecule has 0 unspecified atom stereocenters. The highest BCUT2D eigenvalue weighted by Crippen LogP contribution is 2.55. The summed E-state index contributed by atoms with van der Waals surface area (Å²) in [5.41, 5.74) is 0.661. The van der Waals surface area contributed by atoms with E-state index in [9.17, 15) is 9.59 Å². The minimum Gasteiger partial charge on any atom is -0.464 e. The average molecular weight is 453 g/mol. The second-order valence-electron chi connectivity index (χ2n) is 10.2. The summed E-state index contributed by atoms with van der Waals surface area (Å²) in [6.07, 6.45) is 7.56. The Morgan fingerprint density at radius 2 is 1.72 bits per heavy atom. The number of rotatable bonds is 7. The van der Waals surface area contributed by atoms with Crippen molar-refractivity contribution in [2.24, 2.45) is 17.8 Å². The first-order valence-corrected chi connectivity index (χ1v) is 12.7. The van der Waals surface area contributed by atoms with Gasteiger partial charge in [-0.3, -0.25) is 9.59 Å². The summed E-state index contributed by atoms with van der Waals surface area (Å²) in [5, 5.41) is 3.43. The molecule has 4 aliphatic rings. The number of carbonyl (C=O) groups excluding carboxylic acids is 2. The molecule has 4 bridgehead atoms. The second-order valence-corrected chi connectivity index (χ2v) is 11.2. The minimum absolute atomic E-state index is 0.0309. The van der Waals surface area contributed by atoms with Crippen molar-refractivity contribution in [3.63, 3.8) is 0 Å². The van der Waals surface area contributed by atoms with Gasteiger partial charge in [-0.2, -0.15) is 0 Å². The Balaban J connectivity index is 1.21. The highest BCUT2D eigenvalue weighted by atomic mass is 32.2. The molecule has 6 heteroatoms. The Morgan fingerprint density at radius 3 is 2.34 bits per heavy atom. The molecule has 1 aromatic carbocycles. The molecule has 6 rings (SSSR count). The monoisotopic (exact) mass is 452 g/mol. The molecule has 4 aliphatic carbocycles. The lowest BCUT2D eigenvalue weighted by atomic mass is 9.53. The Bertz CT molecular complexity index is 979. The molecule has 2 aromatic rings. The van der Waals surface area contributed by atoms with Crippen molar-refractivity contribution in [3.8, 4) is 0 Å². The van der Waals surface area contributed by atoms with Gasteiger partial charge in [0.25, 0.3) is 5.91 Å². The molecular formula is C26H32N2O3S. The number of thioether (sulfide) groups is 1. The third-order valence-electron chi connectivity index (χ3n) is 7.45. The summed E-state index contributed by atoms with van der Waals surface area (Å²) in [7, 11) is 1.78. The number of nitrogens with zero attached hydrogens (tertiary/aromatic N) is 1. The number of carbonyl (C=O) groups is 2. The summed E-state index contributed by atoms with van der Waals surface area (Å²) in [4.78, 5) is 28.5. The van der Waals surface area contributed by atoms with E-state index in [4.69, 9.17) is 4.42 Å². The Labute approximate surface area is 194 Å². The van der Waals surface area contributed by atoms with Crippen molar-refractivity contribution in [2.45, 2.75) is 62.4 Å². The van der Waals surface area contributed by atoms with E-state index in [2.05, 4.69) is 5.32 Å². The van der Waals surface area contributed by atoms with E-state index in [0.717, 1.165) is 53.4 Å². The Hall–Kier alpha value is -2.21. The van der Waals surface area contributed by atoms with Crippen LogP contribution in [-0.4, -0.2) is 35.1 Å². The summed E-state index contributed by atoms with van der Waals surface area (Å²) >= 11 is 1.46. The van der Waals surface area contributed by atoms with E-state index < -0.39 is 0 Å². The maximum absolute atomic E-state index is 13.1. The van der Waals surface area contributed by atoms with Crippen LogP contribution in [0.2, 0.25) is 0 Å². The zero-order valence-electron chi connectivity index (χ0n) is 18.9. The number of benzene rings is 1. The van der Waals surface area contributed by atoms with Gasteiger partial charge in [-0.25, -0.2) is 0 Å². The lowest BCUT2D eigenvalue weighted by molar-refractivity contribution is -0.124. The van der Waals surface area contributed by atoms with Gasteiger partial charge in [-0.1, -0.05) is 12.1 Å². The molecule has 4 fully saturated rings. The molecule has 1 aromatic heterocycles. The SMILES string of the molecule is Cc1ccc(CN(C)C(=O)c2ccccc2SCC(=O)NC23CC4CC(CC(C4)C2)C3)o1. The van der Waals surface area contributed by atoms with Gasteiger partial charge in [0.15, 0.2) is 0 Å². The lowest BCUT2D eigenvalue weighted by Gasteiger charge is -2.56. The maximum Gasteiger partial charge on any atom is 0.255 e. The first kappa shape index (κ1) is 21.6. The highest BCUT2D eigenvalue weighted by molar-refractivity contribution is 8.00. The van der Waals surface area contributed by atoms with Gasteiger partial charge in [0.2, 0.25) is 5.91 Å². The van der Waals surface area contributed by atoms with E-state index in [0.29, 0.717) is 17.9 Å². The van der Waals surface area contributed by atoms with E-state index in [-0.39, 0.29) is 17.4 Å². The first-order chi connectivity index (χ1) is 15.4. The molecule has 2 amide bonds. The molecule has 0 spiro atoms. The number of hydrogen-bond acceptors (Lipinski definition) is 4. The fourth-order valence-electron chi connectivity index (χ4n) is 6.59. The largest absolute Gasteiger partial charge is 0.464 e. The predicted molar refractivity (Wildman–Crippen MR) is 125 cm³/mol. The summed E-state index contributed by atoms with van der Waals surface area (Å²) < 4.78 is 5.61. The number of nitrogens with one attached hydrogen (secondary N) is 1. The molecule has 0 aliphatic heterocycles. The molecule has 1 heterocycles. The van der Waals surface area contributed by atoms with Crippen LogP contribution in [0.1, 0.15) is 60.4 Å². The van der Waals surface area contributed by atoms with Crippen LogP contribution in [-0.2, 0) is 11.3 Å². The molecule has 1 N–H and O–H groups in total. The molecule has 0 atom stereocenters. The van der Waals surface area contributed by atoms with Crippen molar-refractivity contribution in [1.82, 2.24) is 10.2 Å². The van der Waals surface area contributed by atoms with Crippen molar-refractivity contribution >= 4 is 23.6 Å². The number of furan rings is 1. The van der Waals surface area contributed by atoms with Crippen LogP contribution in [0, 0.1) is 24.7 Å². The van der Waals surface area contributed by atoms with Crippen LogP contribution in [0.25, 0.3) is 0 Å². The Morgan fingerprint density at radius 1 is 1.06 bits per heavy atom. The Kier molecular flexibility index (Phi) is 5.82. The third kappa shape index (κ3) is 4.47. The number of amides is 2. The molecule has 170 valence electrons. The van der Waals surface area contributed by atoms with E-state index in [1.54, 1.807) is 11.9 Å². The molecule has 4 saturated carbocycles. The van der Waals surface area contributed by atoms with Crippen LogP contribution in [0.4, 0.5) is 0 Å². The average Bonchev–Trinajstić information content (AvgIpc) is 3.15. The topological polar surface area (TPSA) is 62.6 Å². The van der Waals surface area contributed by atoms with Crippen molar-refractivity contribution in [3.05, 3.63) is 53.5 Å². The maximum atomic E-state index is 13.1. The molecular weight excluding hydrogens is 420 g/mol.